The number of phenolic OH excluding ortho intramolecular Hbond substituents is 1. The highest BCUT2D eigenvalue weighted by molar-refractivity contribution is 8.15. The van der Waals surface area contributed by atoms with E-state index in [4.69, 9.17) is 4.43 Å². The van der Waals surface area contributed by atoms with Crippen LogP contribution >= 0.6 is 11.8 Å². The first-order chi connectivity index (χ1) is 12.0. The molecule has 1 aromatic rings. The van der Waals surface area contributed by atoms with Gasteiger partial charge in [0.2, 0.25) is 0 Å². The number of aromatic hydroxyl groups is 1. The van der Waals surface area contributed by atoms with Crippen molar-refractivity contribution in [1.29, 1.82) is 0 Å². The zero-order valence-corrected chi connectivity index (χ0v) is 17.3. The van der Waals surface area contributed by atoms with E-state index < -0.39 is 8.32 Å². The highest BCUT2D eigenvalue weighted by Crippen LogP contribution is 2.34. The summed E-state index contributed by atoms with van der Waals surface area (Å²) in [6.45, 7) is 6.63. The van der Waals surface area contributed by atoms with Crippen molar-refractivity contribution in [3.05, 3.63) is 29.8 Å². The maximum Gasteiger partial charge on any atom is 0.308 e. The van der Waals surface area contributed by atoms with Crippen molar-refractivity contribution >= 4 is 31.2 Å². The molecule has 0 aromatic heterocycles. The molecule has 4 nitrogen and oxygen atoms in total. The molecule has 0 bridgehead atoms. The second-order valence-corrected chi connectivity index (χ2v) is 12.0. The van der Waals surface area contributed by atoms with E-state index in [1.165, 1.54) is 11.8 Å². The molecule has 0 radical (unpaired) electrons. The quantitative estimate of drug-likeness (QED) is 0.554. The number of benzene rings is 1. The van der Waals surface area contributed by atoms with Gasteiger partial charge in [0, 0.05) is 0 Å². The number of nitrogens with zero attached hydrogens (tertiary/aromatic N) is 1. The fraction of sp³-hybridized carbons (Fsp3) is 0.579. The van der Waals surface area contributed by atoms with Crippen LogP contribution in [0.1, 0.15) is 45.6 Å². The molecule has 1 amide bonds. The van der Waals surface area contributed by atoms with Crippen molar-refractivity contribution < 1.29 is 14.3 Å². The molecule has 1 atom stereocenters. The van der Waals surface area contributed by atoms with Gasteiger partial charge in [-0.1, -0.05) is 52.2 Å². The number of carbonyl (C=O) groups excluding carboxylic acids is 1. The molecule has 25 heavy (non-hydrogen) atoms. The zero-order valence-electron chi connectivity index (χ0n) is 15.5. The van der Waals surface area contributed by atoms with Gasteiger partial charge >= 0.3 is 5.24 Å². The third-order valence-corrected chi connectivity index (χ3v) is 10.3. The van der Waals surface area contributed by atoms with E-state index in [2.05, 4.69) is 25.8 Å². The van der Waals surface area contributed by atoms with E-state index in [1.807, 2.05) is 12.1 Å². The molecule has 0 fully saturated rings. The number of hydrogen-bond acceptors (Lipinski definition) is 4. The third-order valence-electron chi connectivity index (χ3n) is 4.52. The van der Waals surface area contributed by atoms with Crippen LogP contribution in [0, 0.1) is 0 Å². The second kappa shape index (κ2) is 9.43. The molecule has 1 N–H and O–H groups in total. The monoisotopic (exact) mass is 379 g/mol. The predicted octanol–water partition coefficient (Wildman–Crippen LogP) is 5.76. The molecular formula is C19H29NO3SSi. The first-order valence-electron chi connectivity index (χ1n) is 9.28. The second-order valence-electron chi connectivity index (χ2n) is 6.73. The van der Waals surface area contributed by atoms with E-state index in [-0.39, 0.29) is 16.2 Å². The largest absolute Gasteiger partial charge is 0.533 e. The summed E-state index contributed by atoms with van der Waals surface area (Å²) in [6, 6.07) is 10.5. The van der Waals surface area contributed by atoms with Crippen LogP contribution in [0.4, 0.5) is 4.79 Å². The average Bonchev–Trinajstić information content (AvgIpc) is 2.89. The lowest BCUT2D eigenvalue weighted by Gasteiger charge is -2.32. The summed E-state index contributed by atoms with van der Waals surface area (Å²) in [5, 5.41) is 9.25. The summed E-state index contributed by atoms with van der Waals surface area (Å²) in [6.07, 6.45) is 4.04. The Bertz CT molecular complexity index is 586. The molecule has 1 aromatic carbocycles. The molecular weight excluding hydrogens is 350 g/mol. The van der Waals surface area contributed by atoms with Crippen molar-refractivity contribution in [3.8, 4) is 5.75 Å². The number of rotatable bonds is 9. The van der Waals surface area contributed by atoms with Crippen molar-refractivity contribution in [3.63, 3.8) is 0 Å². The smallest absolute Gasteiger partial charge is 0.308 e. The maximum atomic E-state index is 11.9. The molecule has 1 heterocycles. The Hall–Kier alpha value is -1.27. The Kier molecular flexibility index (Phi) is 7.56. The van der Waals surface area contributed by atoms with Crippen LogP contribution in [0.15, 0.2) is 29.3 Å². The van der Waals surface area contributed by atoms with Gasteiger partial charge in [-0.25, -0.2) is 0 Å². The van der Waals surface area contributed by atoms with Gasteiger partial charge in [-0.05, 0) is 54.0 Å². The Morgan fingerprint density at radius 1 is 1.08 bits per heavy atom. The minimum Gasteiger partial charge on any atom is -0.533 e. The number of phenols is 1. The minimum atomic E-state index is -1.89. The van der Waals surface area contributed by atoms with Crippen LogP contribution in [0.3, 0.4) is 0 Å². The van der Waals surface area contributed by atoms with Crippen LogP contribution in [0.25, 0.3) is 0 Å². The van der Waals surface area contributed by atoms with Gasteiger partial charge in [0.1, 0.15) is 5.75 Å². The molecule has 0 aliphatic carbocycles. The molecule has 0 spiro atoms. The van der Waals surface area contributed by atoms with Crippen LogP contribution < -0.4 is 0 Å². The van der Waals surface area contributed by atoms with Gasteiger partial charge in [-0.2, -0.15) is 4.99 Å². The average molecular weight is 380 g/mol. The molecule has 0 saturated carbocycles. The molecule has 0 saturated heterocycles. The van der Waals surface area contributed by atoms with Gasteiger partial charge in [-0.3, -0.25) is 4.79 Å². The lowest BCUT2D eigenvalue weighted by Crippen LogP contribution is -2.42. The minimum absolute atomic E-state index is 0.0468. The van der Waals surface area contributed by atoms with Crippen molar-refractivity contribution in [1.82, 2.24) is 0 Å². The van der Waals surface area contributed by atoms with E-state index in [9.17, 15) is 9.90 Å². The summed E-state index contributed by atoms with van der Waals surface area (Å²) < 4.78 is 6.60. The molecule has 1 unspecified atom stereocenters. The van der Waals surface area contributed by atoms with E-state index >= 15 is 0 Å². The highest BCUT2D eigenvalue weighted by Gasteiger charge is 2.39. The van der Waals surface area contributed by atoms with Crippen molar-refractivity contribution in [2.75, 3.05) is 0 Å². The number of carbonyl (C=O) groups is 1. The van der Waals surface area contributed by atoms with Crippen LogP contribution in [0.5, 0.6) is 5.75 Å². The molecule has 138 valence electrons. The Labute approximate surface area is 156 Å². The van der Waals surface area contributed by atoms with E-state index in [1.54, 1.807) is 12.1 Å². The lowest BCUT2D eigenvalue weighted by atomic mass is 10.1. The van der Waals surface area contributed by atoms with E-state index in [0.29, 0.717) is 12.3 Å². The van der Waals surface area contributed by atoms with Crippen LogP contribution in [-0.4, -0.2) is 29.8 Å². The lowest BCUT2D eigenvalue weighted by molar-refractivity contribution is 0.267. The van der Waals surface area contributed by atoms with Gasteiger partial charge in [0.15, 0.2) is 5.90 Å². The maximum absolute atomic E-state index is 11.9. The fourth-order valence-electron chi connectivity index (χ4n) is 3.54. The molecule has 6 heteroatoms. The summed E-state index contributed by atoms with van der Waals surface area (Å²) in [7, 11) is -1.89. The predicted molar refractivity (Wildman–Crippen MR) is 108 cm³/mol. The summed E-state index contributed by atoms with van der Waals surface area (Å²) in [4.78, 5) is 16.2. The highest BCUT2D eigenvalue weighted by atomic mass is 32.2. The van der Waals surface area contributed by atoms with Crippen LogP contribution in [0.2, 0.25) is 18.1 Å². The Morgan fingerprint density at radius 3 is 2.16 bits per heavy atom. The third kappa shape index (κ3) is 5.61. The number of hydrogen-bond donors (Lipinski definition) is 1. The molecule has 2 rings (SSSR count). The first-order valence-corrected chi connectivity index (χ1v) is 12.7. The number of thioether (sulfide) groups is 1. The summed E-state index contributed by atoms with van der Waals surface area (Å²) >= 11 is 1.26. The first kappa shape index (κ1) is 20.0. The molecule has 1 aliphatic rings. The summed E-state index contributed by atoms with van der Waals surface area (Å²) in [5.74, 6) is 0.898. The SMILES string of the molecule is CCC[Si](CCC)(CCC)OC1=NC(=O)SC1Cc1ccc(O)cc1. The van der Waals surface area contributed by atoms with Crippen LogP contribution in [-0.2, 0) is 10.8 Å². The van der Waals surface area contributed by atoms with Gasteiger partial charge in [0.05, 0.1) is 5.25 Å². The molecule has 1 aliphatic heterocycles. The van der Waals surface area contributed by atoms with Gasteiger partial charge in [-0.15, -0.1) is 0 Å². The van der Waals surface area contributed by atoms with Gasteiger partial charge < -0.3 is 9.53 Å². The standard InChI is InChI=1S/C19H29NO3SSi/c1-4-11-25(12-5-2,13-6-3)23-18-17(24-19(22)20-18)14-15-7-9-16(21)10-8-15/h7-10,17,21H,4-6,11-14H2,1-3H3. The zero-order chi connectivity index (χ0) is 18.3. The normalized spacial score (nSPS) is 17.6. The Morgan fingerprint density at radius 2 is 1.64 bits per heavy atom. The van der Waals surface area contributed by atoms with E-state index in [0.717, 1.165) is 43.0 Å². The number of amides is 1. The number of aliphatic imine (C=N–C) groups is 1. The summed E-state index contributed by atoms with van der Waals surface area (Å²) in [5.41, 5.74) is 1.08. The van der Waals surface area contributed by atoms with Gasteiger partial charge in [0.25, 0.3) is 8.32 Å². The topological polar surface area (TPSA) is 58.9 Å². The fourth-order valence-corrected chi connectivity index (χ4v) is 8.91. The van der Waals surface area contributed by atoms with Crippen molar-refractivity contribution in [2.24, 2.45) is 4.99 Å². The Balaban J connectivity index is 2.16. The van der Waals surface area contributed by atoms with Crippen molar-refractivity contribution in [2.45, 2.75) is 69.8 Å².